The predicted molar refractivity (Wildman–Crippen MR) is 71.6 cm³/mol. The summed E-state index contributed by atoms with van der Waals surface area (Å²) in [6.45, 7) is 4.65. The van der Waals surface area contributed by atoms with Crippen molar-refractivity contribution in [3.05, 3.63) is 48.3 Å². The number of hydrogen-bond donors (Lipinski definition) is 1. The van der Waals surface area contributed by atoms with Crippen LogP contribution >= 0.6 is 0 Å². The zero-order valence-corrected chi connectivity index (χ0v) is 10.7. The Morgan fingerprint density at radius 2 is 2.00 bits per heavy atom. The van der Waals surface area contributed by atoms with E-state index in [2.05, 4.69) is 16.9 Å². The fourth-order valence-electron chi connectivity index (χ4n) is 1.89. The van der Waals surface area contributed by atoms with Gasteiger partial charge in [-0.25, -0.2) is 4.68 Å². The number of aromatic nitrogens is 2. The quantitative estimate of drug-likeness (QED) is 0.842. The van der Waals surface area contributed by atoms with Crippen molar-refractivity contribution in [2.24, 2.45) is 0 Å². The van der Waals surface area contributed by atoms with E-state index in [1.54, 1.807) is 0 Å². The van der Waals surface area contributed by atoms with E-state index in [4.69, 9.17) is 5.11 Å². The number of likely N-dealkylation sites (N-methyl/N-ethyl adjacent to an activating group) is 1. The molecule has 0 aliphatic heterocycles. The average molecular weight is 245 g/mol. The molecule has 0 radical (unpaired) electrons. The molecule has 0 amide bonds. The van der Waals surface area contributed by atoms with Crippen LogP contribution in [0.4, 0.5) is 0 Å². The normalized spacial score (nSPS) is 11.1. The molecule has 0 spiro atoms. The molecule has 1 aromatic heterocycles. The third kappa shape index (κ3) is 3.18. The van der Waals surface area contributed by atoms with Crippen LogP contribution in [-0.4, -0.2) is 39.5 Å². The first-order chi connectivity index (χ1) is 8.83. The van der Waals surface area contributed by atoms with Crippen LogP contribution in [0.15, 0.2) is 42.6 Å². The Balaban J connectivity index is 2.06. The first kappa shape index (κ1) is 12.8. The summed E-state index contributed by atoms with van der Waals surface area (Å²) in [5.74, 6) is 0. The van der Waals surface area contributed by atoms with Gasteiger partial charge >= 0.3 is 0 Å². The maximum absolute atomic E-state index is 8.96. The molecule has 0 saturated heterocycles. The molecule has 0 bridgehead atoms. The van der Waals surface area contributed by atoms with Crippen molar-refractivity contribution in [1.29, 1.82) is 0 Å². The summed E-state index contributed by atoms with van der Waals surface area (Å²) in [4.78, 5) is 2.16. The van der Waals surface area contributed by atoms with Crippen LogP contribution in [0.5, 0.6) is 0 Å². The van der Waals surface area contributed by atoms with Crippen molar-refractivity contribution in [2.45, 2.75) is 13.5 Å². The fraction of sp³-hybridized carbons (Fsp3) is 0.357. The van der Waals surface area contributed by atoms with Gasteiger partial charge in [0, 0.05) is 19.3 Å². The minimum atomic E-state index is 0.188. The summed E-state index contributed by atoms with van der Waals surface area (Å²) in [7, 11) is 0. The molecule has 4 nitrogen and oxygen atoms in total. The van der Waals surface area contributed by atoms with Gasteiger partial charge in [0.1, 0.15) is 0 Å². The van der Waals surface area contributed by atoms with Gasteiger partial charge in [-0.3, -0.25) is 4.90 Å². The Hall–Kier alpha value is -1.65. The Bertz CT molecular complexity index is 467. The van der Waals surface area contributed by atoms with Crippen molar-refractivity contribution in [3.63, 3.8) is 0 Å². The molecule has 0 saturated carbocycles. The lowest BCUT2D eigenvalue weighted by atomic mass is 10.3. The second-order valence-corrected chi connectivity index (χ2v) is 4.18. The third-order valence-corrected chi connectivity index (χ3v) is 2.91. The molecule has 0 unspecified atom stereocenters. The van der Waals surface area contributed by atoms with Crippen molar-refractivity contribution in [1.82, 2.24) is 14.7 Å². The molecule has 0 atom stereocenters. The molecule has 1 heterocycles. The number of hydrogen-bond acceptors (Lipinski definition) is 3. The van der Waals surface area contributed by atoms with Gasteiger partial charge in [0.05, 0.1) is 18.0 Å². The van der Waals surface area contributed by atoms with Gasteiger partial charge in [0.15, 0.2) is 0 Å². The first-order valence-electron chi connectivity index (χ1n) is 6.26. The lowest BCUT2D eigenvalue weighted by Gasteiger charge is -2.17. The number of aliphatic hydroxyl groups is 1. The minimum Gasteiger partial charge on any atom is -0.395 e. The summed E-state index contributed by atoms with van der Waals surface area (Å²) >= 11 is 0. The van der Waals surface area contributed by atoms with Crippen LogP contribution in [0.1, 0.15) is 12.6 Å². The van der Waals surface area contributed by atoms with Crippen LogP contribution in [0.3, 0.4) is 0 Å². The highest BCUT2D eigenvalue weighted by molar-refractivity contribution is 5.30. The summed E-state index contributed by atoms with van der Waals surface area (Å²) in [5.41, 5.74) is 2.09. The van der Waals surface area contributed by atoms with E-state index in [-0.39, 0.29) is 6.61 Å². The Morgan fingerprint density at radius 1 is 1.22 bits per heavy atom. The largest absolute Gasteiger partial charge is 0.395 e. The van der Waals surface area contributed by atoms with Gasteiger partial charge in [0.25, 0.3) is 0 Å². The van der Waals surface area contributed by atoms with Gasteiger partial charge in [-0.2, -0.15) is 5.10 Å². The van der Waals surface area contributed by atoms with Crippen LogP contribution in [-0.2, 0) is 6.54 Å². The van der Waals surface area contributed by atoms with E-state index in [1.807, 2.05) is 47.3 Å². The standard InChI is InChI=1S/C14H19N3O/c1-2-16(10-11-18)12-13-8-9-17(15-13)14-6-4-3-5-7-14/h3-9,18H,2,10-12H2,1H3. The molecule has 96 valence electrons. The Kier molecular flexibility index (Phi) is 4.50. The summed E-state index contributed by atoms with van der Waals surface area (Å²) in [6.07, 6.45) is 1.97. The smallest absolute Gasteiger partial charge is 0.0769 e. The molecule has 0 fully saturated rings. The van der Waals surface area contributed by atoms with Gasteiger partial charge in [-0.15, -0.1) is 0 Å². The summed E-state index contributed by atoms with van der Waals surface area (Å²) in [5, 5.41) is 13.5. The molecule has 1 N–H and O–H groups in total. The van der Waals surface area contributed by atoms with Crippen LogP contribution in [0, 0.1) is 0 Å². The molecule has 4 heteroatoms. The number of benzene rings is 1. The van der Waals surface area contributed by atoms with E-state index in [1.165, 1.54) is 0 Å². The zero-order valence-electron chi connectivity index (χ0n) is 10.7. The van der Waals surface area contributed by atoms with Crippen LogP contribution < -0.4 is 0 Å². The SMILES string of the molecule is CCN(CCO)Cc1ccn(-c2ccccc2)n1. The first-order valence-corrected chi connectivity index (χ1v) is 6.26. The highest BCUT2D eigenvalue weighted by atomic mass is 16.3. The predicted octanol–water partition coefficient (Wildman–Crippen LogP) is 1.69. The molecule has 1 aromatic carbocycles. The fourth-order valence-corrected chi connectivity index (χ4v) is 1.89. The van der Waals surface area contributed by atoms with Crippen molar-refractivity contribution in [2.75, 3.05) is 19.7 Å². The Labute approximate surface area is 107 Å². The lowest BCUT2D eigenvalue weighted by molar-refractivity contribution is 0.195. The topological polar surface area (TPSA) is 41.3 Å². The van der Waals surface area contributed by atoms with E-state index >= 15 is 0 Å². The number of aliphatic hydroxyl groups excluding tert-OH is 1. The number of para-hydroxylation sites is 1. The molecule has 2 rings (SSSR count). The van der Waals surface area contributed by atoms with E-state index in [0.717, 1.165) is 24.5 Å². The highest BCUT2D eigenvalue weighted by Gasteiger charge is 2.06. The molecule has 18 heavy (non-hydrogen) atoms. The second kappa shape index (κ2) is 6.33. The van der Waals surface area contributed by atoms with Crippen molar-refractivity contribution in [3.8, 4) is 5.69 Å². The third-order valence-electron chi connectivity index (χ3n) is 2.91. The number of nitrogens with zero attached hydrogens (tertiary/aromatic N) is 3. The van der Waals surface area contributed by atoms with E-state index in [0.29, 0.717) is 6.54 Å². The molecular weight excluding hydrogens is 226 g/mol. The Morgan fingerprint density at radius 3 is 2.67 bits per heavy atom. The average Bonchev–Trinajstić information content (AvgIpc) is 2.88. The highest BCUT2D eigenvalue weighted by Crippen LogP contribution is 2.08. The number of rotatable bonds is 6. The van der Waals surface area contributed by atoms with Crippen LogP contribution in [0.2, 0.25) is 0 Å². The summed E-state index contributed by atoms with van der Waals surface area (Å²) in [6, 6.07) is 12.1. The van der Waals surface area contributed by atoms with Gasteiger partial charge in [0.2, 0.25) is 0 Å². The maximum atomic E-state index is 8.96. The molecule has 0 aliphatic carbocycles. The van der Waals surface area contributed by atoms with Gasteiger partial charge < -0.3 is 5.11 Å². The van der Waals surface area contributed by atoms with Crippen molar-refractivity contribution >= 4 is 0 Å². The van der Waals surface area contributed by atoms with E-state index < -0.39 is 0 Å². The second-order valence-electron chi connectivity index (χ2n) is 4.18. The van der Waals surface area contributed by atoms with E-state index in [9.17, 15) is 0 Å². The molecule has 2 aromatic rings. The maximum Gasteiger partial charge on any atom is 0.0769 e. The minimum absolute atomic E-state index is 0.188. The van der Waals surface area contributed by atoms with Crippen LogP contribution in [0.25, 0.3) is 5.69 Å². The van der Waals surface area contributed by atoms with Crippen molar-refractivity contribution < 1.29 is 5.11 Å². The monoisotopic (exact) mass is 245 g/mol. The lowest BCUT2D eigenvalue weighted by Crippen LogP contribution is -2.26. The molecular formula is C14H19N3O. The van der Waals surface area contributed by atoms with Gasteiger partial charge in [-0.05, 0) is 24.7 Å². The summed E-state index contributed by atoms with van der Waals surface area (Å²) < 4.78 is 1.88. The zero-order chi connectivity index (χ0) is 12.8. The molecule has 0 aliphatic rings. The van der Waals surface area contributed by atoms with Gasteiger partial charge in [-0.1, -0.05) is 25.1 Å².